The Morgan fingerprint density at radius 1 is 0.946 bits per heavy atom. The molecule has 0 saturated heterocycles. The molecule has 3 aromatic rings. The normalized spacial score (nSPS) is 15.4. The molecule has 1 saturated carbocycles. The molecule has 194 valence electrons. The number of para-hydroxylation sites is 1. The number of thiophene rings is 1. The van der Waals surface area contributed by atoms with Gasteiger partial charge in [0.1, 0.15) is 6.04 Å². The maximum Gasteiger partial charge on any atom is 0.326 e. The van der Waals surface area contributed by atoms with Crippen LogP contribution in [-0.2, 0) is 4.79 Å². The van der Waals surface area contributed by atoms with Crippen molar-refractivity contribution in [3.05, 3.63) is 69.9 Å². The van der Waals surface area contributed by atoms with Crippen LogP contribution in [0, 0.1) is 19.3 Å². The zero-order valence-corrected chi connectivity index (χ0v) is 22.2. The minimum atomic E-state index is -1.05. The van der Waals surface area contributed by atoms with E-state index in [0.717, 1.165) is 54.4 Å². The number of anilines is 2. The standard InChI is InChI=1S/C29H33N3O4S/c1-18-8-7-9-19(2)24(18)31-28(36)30-23-16-20(21-12-15-37-17-21)10-11-22(23)26(33)32-25(27(34)35)29(3)13-5-4-6-14-29/h7-12,15-17,25H,4-6,13-14H2,1-3H3,(H,32,33)(H,34,35)(H2,30,31,36)/t25-/m1/s1. The molecule has 4 N–H and O–H groups in total. The zero-order valence-electron chi connectivity index (χ0n) is 21.4. The molecule has 2 aromatic carbocycles. The molecule has 3 amide bonds. The molecular weight excluding hydrogens is 486 g/mol. The number of carbonyl (C=O) groups excluding carboxylic acids is 2. The Bertz CT molecular complexity index is 1280. The molecule has 0 bridgehead atoms. The number of carboxylic acid groups (broad SMARTS) is 1. The van der Waals surface area contributed by atoms with E-state index in [1.54, 1.807) is 23.5 Å². The highest BCUT2D eigenvalue weighted by molar-refractivity contribution is 7.08. The van der Waals surface area contributed by atoms with Crippen LogP contribution in [0.2, 0.25) is 0 Å². The van der Waals surface area contributed by atoms with Gasteiger partial charge in [-0.25, -0.2) is 9.59 Å². The molecular formula is C29H33N3O4S. The van der Waals surface area contributed by atoms with Crippen LogP contribution in [-0.4, -0.2) is 29.1 Å². The molecule has 1 aliphatic carbocycles. The van der Waals surface area contributed by atoms with Crippen molar-refractivity contribution in [3.8, 4) is 11.1 Å². The van der Waals surface area contributed by atoms with Gasteiger partial charge in [-0.2, -0.15) is 11.3 Å². The predicted octanol–water partition coefficient (Wildman–Crippen LogP) is 6.83. The second kappa shape index (κ2) is 11.2. The molecule has 1 aliphatic rings. The van der Waals surface area contributed by atoms with Gasteiger partial charge < -0.3 is 21.1 Å². The first-order chi connectivity index (χ1) is 17.7. The SMILES string of the molecule is Cc1cccc(C)c1NC(=O)Nc1cc(-c2ccsc2)ccc1C(=O)N[C@H](C(=O)O)C1(C)CCCCC1. The van der Waals surface area contributed by atoms with Gasteiger partial charge in [-0.05, 0) is 83.3 Å². The highest BCUT2D eigenvalue weighted by Gasteiger charge is 2.41. The lowest BCUT2D eigenvalue weighted by molar-refractivity contribution is -0.143. The highest BCUT2D eigenvalue weighted by Crippen LogP contribution is 2.39. The molecule has 7 nitrogen and oxygen atoms in total. The summed E-state index contributed by atoms with van der Waals surface area (Å²) in [4.78, 5) is 38.7. The number of urea groups is 1. The monoisotopic (exact) mass is 519 g/mol. The van der Waals surface area contributed by atoms with Crippen LogP contribution in [0.4, 0.5) is 16.2 Å². The summed E-state index contributed by atoms with van der Waals surface area (Å²) >= 11 is 1.55. The van der Waals surface area contributed by atoms with Gasteiger partial charge in [-0.15, -0.1) is 0 Å². The van der Waals surface area contributed by atoms with Gasteiger partial charge in [0.05, 0.1) is 11.3 Å². The van der Waals surface area contributed by atoms with Gasteiger partial charge in [-0.3, -0.25) is 4.79 Å². The summed E-state index contributed by atoms with van der Waals surface area (Å²) in [7, 11) is 0. The van der Waals surface area contributed by atoms with Gasteiger partial charge >= 0.3 is 12.0 Å². The minimum absolute atomic E-state index is 0.210. The van der Waals surface area contributed by atoms with Crippen molar-refractivity contribution in [1.29, 1.82) is 0 Å². The van der Waals surface area contributed by atoms with E-state index in [4.69, 9.17) is 0 Å². The number of benzene rings is 2. The third-order valence-corrected chi connectivity index (χ3v) is 7.98. The van der Waals surface area contributed by atoms with Gasteiger partial charge in [0.2, 0.25) is 0 Å². The fourth-order valence-corrected chi connectivity index (χ4v) is 5.79. The van der Waals surface area contributed by atoms with E-state index >= 15 is 0 Å². The van der Waals surface area contributed by atoms with E-state index < -0.39 is 29.4 Å². The van der Waals surface area contributed by atoms with E-state index in [2.05, 4.69) is 16.0 Å². The van der Waals surface area contributed by atoms with E-state index in [0.29, 0.717) is 11.4 Å². The number of amides is 3. The number of rotatable bonds is 7. The van der Waals surface area contributed by atoms with Crippen molar-refractivity contribution >= 4 is 40.6 Å². The number of hydrogen-bond donors (Lipinski definition) is 4. The summed E-state index contributed by atoms with van der Waals surface area (Å²) in [5.41, 5.74) is 4.35. The molecule has 0 unspecified atom stereocenters. The third kappa shape index (κ3) is 6.02. The maximum atomic E-state index is 13.5. The second-order valence-electron chi connectivity index (χ2n) is 10.1. The Hall–Kier alpha value is -3.65. The van der Waals surface area contributed by atoms with Crippen LogP contribution < -0.4 is 16.0 Å². The van der Waals surface area contributed by atoms with Crippen molar-refractivity contribution < 1.29 is 19.5 Å². The average Bonchev–Trinajstić information content (AvgIpc) is 3.40. The average molecular weight is 520 g/mol. The number of carboxylic acids is 1. The van der Waals surface area contributed by atoms with Gasteiger partial charge in [-0.1, -0.05) is 50.5 Å². The van der Waals surface area contributed by atoms with Crippen molar-refractivity contribution in [3.63, 3.8) is 0 Å². The van der Waals surface area contributed by atoms with E-state index in [1.165, 1.54) is 0 Å². The molecule has 0 spiro atoms. The first-order valence-corrected chi connectivity index (χ1v) is 13.5. The number of nitrogens with one attached hydrogen (secondary N) is 3. The number of aliphatic carboxylic acids is 1. The number of carbonyl (C=O) groups is 3. The van der Waals surface area contributed by atoms with Crippen LogP contribution in [0.1, 0.15) is 60.5 Å². The highest BCUT2D eigenvalue weighted by atomic mass is 32.1. The van der Waals surface area contributed by atoms with Crippen LogP contribution in [0.25, 0.3) is 11.1 Å². The largest absolute Gasteiger partial charge is 0.480 e. The van der Waals surface area contributed by atoms with Crippen molar-refractivity contribution in [2.75, 3.05) is 10.6 Å². The summed E-state index contributed by atoms with van der Waals surface area (Å²) in [5.74, 6) is -1.58. The smallest absolute Gasteiger partial charge is 0.326 e. The Balaban J connectivity index is 1.63. The van der Waals surface area contributed by atoms with Gasteiger partial charge in [0, 0.05) is 5.69 Å². The summed E-state index contributed by atoms with van der Waals surface area (Å²) in [6, 6.07) is 11.4. The Morgan fingerprint density at radius 2 is 1.65 bits per heavy atom. The Labute approximate surface area is 221 Å². The van der Waals surface area contributed by atoms with Crippen molar-refractivity contribution in [1.82, 2.24) is 5.32 Å². The van der Waals surface area contributed by atoms with Crippen LogP contribution in [0.15, 0.2) is 53.2 Å². The van der Waals surface area contributed by atoms with E-state index in [-0.39, 0.29) is 5.56 Å². The molecule has 1 heterocycles. The zero-order chi connectivity index (χ0) is 26.6. The van der Waals surface area contributed by atoms with E-state index in [9.17, 15) is 19.5 Å². The Kier molecular flexibility index (Phi) is 7.97. The molecule has 37 heavy (non-hydrogen) atoms. The predicted molar refractivity (Wildman–Crippen MR) is 148 cm³/mol. The first kappa shape index (κ1) is 26.4. The lowest BCUT2D eigenvalue weighted by Crippen LogP contribution is -2.52. The molecule has 4 rings (SSSR count). The fraction of sp³-hybridized carbons (Fsp3) is 0.345. The van der Waals surface area contributed by atoms with Crippen LogP contribution >= 0.6 is 11.3 Å². The quantitative estimate of drug-likeness (QED) is 0.274. The molecule has 8 heteroatoms. The lowest BCUT2D eigenvalue weighted by atomic mass is 9.70. The maximum absolute atomic E-state index is 13.5. The number of hydrogen-bond acceptors (Lipinski definition) is 4. The molecule has 1 aromatic heterocycles. The summed E-state index contributed by atoms with van der Waals surface area (Å²) in [6.07, 6.45) is 4.44. The fourth-order valence-electron chi connectivity index (χ4n) is 5.12. The summed E-state index contributed by atoms with van der Waals surface area (Å²) < 4.78 is 0. The lowest BCUT2D eigenvalue weighted by Gasteiger charge is -2.38. The summed E-state index contributed by atoms with van der Waals surface area (Å²) in [5, 5.41) is 22.4. The minimum Gasteiger partial charge on any atom is -0.480 e. The molecule has 0 radical (unpaired) electrons. The summed E-state index contributed by atoms with van der Waals surface area (Å²) in [6.45, 7) is 5.76. The van der Waals surface area contributed by atoms with Crippen LogP contribution in [0.3, 0.4) is 0 Å². The topological polar surface area (TPSA) is 108 Å². The third-order valence-electron chi connectivity index (χ3n) is 7.30. The number of aryl methyl sites for hydroxylation is 2. The Morgan fingerprint density at radius 3 is 2.27 bits per heavy atom. The second-order valence-corrected chi connectivity index (χ2v) is 10.9. The first-order valence-electron chi connectivity index (χ1n) is 12.5. The van der Waals surface area contributed by atoms with E-state index in [1.807, 2.05) is 61.9 Å². The van der Waals surface area contributed by atoms with Gasteiger partial charge in [0.25, 0.3) is 5.91 Å². The molecule has 1 fully saturated rings. The molecule has 0 aliphatic heterocycles. The van der Waals surface area contributed by atoms with Crippen LogP contribution in [0.5, 0.6) is 0 Å². The molecule has 1 atom stereocenters. The van der Waals surface area contributed by atoms with Crippen molar-refractivity contribution in [2.45, 2.75) is 58.9 Å². The van der Waals surface area contributed by atoms with Crippen molar-refractivity contribution in [2.24, 2.45) is 5.41 Å². The van der Waals surface area contributed by atoms with Gasteiger partial charge in [0.15, 0.2) is 0 Å².